The molecule has 0 amide bonds. The lowest BCUT2D eigenvalue weighted by Crippen LogP contribution is -2.14. The molecular weight excluding hydrogens is 319 g/mol. The van der Waals surface area contributed by atoms with Gasteiger partial charge >= 0.3 is 0 Å². The van der Waals surface area contributed by atoms with Crippen molar-refractivity contribution in [3.8, 4) is 0 Å². The second kappa shape index (κ2) is 9.35. The molecule has 0 heterocycles. The maximum absolute atomic E-state index is 15.2. The number of hydrogen-bond donors (Lipinski definition) is 0. The van der Waals surface area contributed by atoms with E-state index in [-0.39, 0.29) is 5.82 Å². The average Bonchev–Trinajstić information content (AvgIpc) is 2.67. The molecule has 1 saturated carbocycles. The summed E-state index contributed by atoms with van der Waals surface area (Å²) < 4.78 is 15.2. The van der Waals surface area contributed by atoms with E-state index in [0.29, 0.717) is 5.92 Å². The number of aryl methyl sites for hydroxylation is 1. The quantitative estimate of drug-likeness (QED) is 0.334. The zero-order valence-electron chi connectivity index (χ0n) is 16.3. The van der Waals surface area contributed by atoms with E-state index in [1.165, 1.54) is 44.1 Å². The van der Waals surface area contributed by atoms with Crippen LogP contribution < -0.4 is 0 Å². The summed E-state index contributed by atoms with van der Waals surface area (Å²) in [4.78, 5) is 0. The summed E-state index contributed by atoms with van der Waals surface area (Å²) in [6.07, 6.45) is 14.1. The highest BCUT2D eigenvalue weighted by Gasteiger charge is 2.24. The highest BCUT2D eigenvalue weighted by molar-refractivity contribution is 5.84. The smallest absolute Gasteiger partial charge is 0.134 e. The first kappa shape index (κ1) is 19.1. The summed E-state index contributed by atoms with van der Waals surface area (Å²) in [6.45, 7) is 6.05. The molecule has 0 bridgehead atoms. The highest BCUT2D eigenvalue weighted by Crippen LogP contribution is 2.40. The van der Waals surface area contributed by atoms with E-state index in [9.17, 15) is 0 Å². The van der Waals surface area contributed by atoms with Gasteiger partial charge in [-0.3, -0.25) is 0 Å². The van der Waals surface area contributed by atoms with Crippen molar-refractivity contribution in [2.45, 2.75) is 77.0 Å². The summed E-state index contributed by atoms with van der Waals surface area (Å²) >= 11 is 0. The van der Waals surface area contributed by atoms with Gasteiger partial charge in [0, 0.05) is 5.39 Å². The second-order valence-electron chi connectivity index (χ2n) is 8.07. The zero-order valence-corrected chi connectivity index (χ0v) is 16.3. The molecule has 0 aliphatic heterocycles. The van der Waals surface area contributed by atoms with E-state index in [2.05, 4.69) is 37.8 Å². The van der Waals surface area contributed by atoms with E-state index in [4.69, 9.17) is 0 Å². The summed E-state index contributed by atoms with van der Waals surface area (Å²) in [5.74, 6) is 1.29. The molecule has 2 aromatic rings. The number of benzene rings is 2. The second-order valence-corrected chi connectivity index (χ2v) is 8.07. The molecule has 0 saturated heterocycles. The molecule has 0 radical (unpaired) electrons. The van der Waals surface area contributed by atoms with Crippen LogP contribution in [0.15, 0.2) is 43.0 Å². The number of rotatable bonds is 8. The SMILES string of the molecule is C=CCCc1ccc2c(F)c(C3CCC(CCCCC)CC3)ccc2c1. The Morgan fingerprint density at radius 1 is 1.08 bits per heavy atom. The lowest BCUT2D eigenvalue weighted by Gasteiger charge is -2.29. The molecule has 1 aliphatic carbocycles. The van der Waals surface area contributed by atoms with Gasteiger partial charge in [-0.05, 0) is 66.9 Å². The maximum atomic E-state index is 15.2. The van der Waals surface area contributed by atoms with Gasteiger partial charge in [-0.15, -0.1) is 6.58 Å². The minimum Gasteiger partial charge on any atom is -0.206 e. The van der Waals surface area contributed by atoms with Gasteiger partial charge in [0.2, 0.25) is 0 Å². The molecule has 0 spiro atoms. The minimum atomic E-state index is 0.0206. The Hall–Kier alpha value is -1.63. The lowest BCUT2D eigenvalue weighted by molar-refractivity contribution is 0.299. The largest absolute Gasteiger partial charge is 0.206 e. The fourth-order valence-corrected chi connectivity index (χ4v) is 4.54. The van der Waals surface area contributed by atoms with E-state index in [1.807, 2.05) is 12.1 Å². The Morgan fingerprint density at radius 3 is 2.62 bits per heavy atom. The van der Waals surface area contributed by atoms with Crippen LogP contribution in [0.25, 0.3) is 10.8 Å². The normalized spacial score (nSPS) is 20.4. The van der Waals surface area contributed by atoms with Crippen molar-refractivity contribution in [3.63, 3.8) is 0 Å². The molecule has 1 aliphatic rings. The first-order valence-corrected chi connectivity index (χ1v) is 10.5. The molecule has 140 valence electrons. The third-order valence-electron chi connectivity index (χ3n) is 6.19. The molecule has 1 fully saturated rings. The molecule has 26 heavy (non-hydrogen) atoms. The predicted molar refractivity (Wildman–Crippen MR) is 111 cm³/mol. The topological polar surface area (TPSA) is 0 Å². The van der Waals surface area contributed by atoms with E-state index >= 15 is 4.39 Å². The van der Waals surface area contributed by atoms with Gasteiger partial charge in [0.25, 0.3) is 0 Å². The number of unbranched alkanes of at least 4 members (excludes halogenated alkanes) is 2. The first-order valence-electron chi connectivity index (χ1n) is 10.5. The van der Waals surface area contributed by atoms with Crippen LogP contribution in [0.3, 0.4) is 0 Å². The summed E-state index contributed by atoms with van der Waals surface area (Å²) in [7, 11) is 0. The minimum absolute atomic E-state index is 0.0206. The molecule has 0 aromatic heterocycles. The Bertz CT molecular complexity index is 722. The molecule has 0 N–H and O–H groups in total. The first-order chi connectivity index (χ1) is 12.7. The molecule has 0 nitrogen and oxygen atoms in total. The van der Waals surface area contributed by atoms with Gasteiger partial charge in [0.15, 0.2) is 0 Å². The third kappa shape index (κ3) is 4.55. The van der Waals surface area contributed by atoms with Crippen LogP contribution in [0.2, 0.25) is 0 Å². The predicted octanol–water partition coefficient (Wildman–Crippen LogP) is 7.95. The summed E-state index contributed by atoms with van der Waals surface area (Å²) in [6, 6.07) is 10.4. The van der Waals surface area contributed by atoms with Crippen molar-refractivity contribution < 1.29 is 4.39 Å². The Kier molecular flexibility index (Phi) is 6.88. The van der Waals surface area contributed by atoms with Crippen molar-refractivity contribution in [1.29, 1.82) is 0 Å². The number of halogens is 1. The Balaban J connectivity index is 1.69. The summed E-state index contributed by atoms with van der Waals surface area (Å²) in [5, 5.41) is 1.82. The monoisotopic (exact) mass is 352 g/mol. The van der Waals surface area contributed by atoms with Crippen molar-refractivity contribution in [2.24, 2.45) is 5.92 Å². The third-order valence-corrected chi connectivity index (χ3v) is 6.19. The maximum Gasteiger partial charge on any atom is 0.134 e. The van der Waals surface area contributed by atoms with E-state index < -0.39 is 0 Å². The Labute approximate surface area is 158 Å². The molecule has 0 atom stereocenters. The van der Waals surface area contributed by atoms with Gasteiger partial charge in [-0.25, -0.2) is 4.39 Å². The van der Waals surface area contributed by atoms with Crippen LogP contribution in [-0.2, 0) is 6.42 Å². The molecule has 3 rings (SSSR count). The zero-order chi connectivity index (χ0) is 18.4. The Morgan fingerprint density at radius 2 is 1.88 bits per heavy atom. The van der Waals surface area contributed by atoms with Gasteiger partial charge in [-0.2, -0.15) is 0 Å². The van der Waals surface area contributed by atoms with Crippen molar-refractivity contribution in [2.75, 3.05) is 0 Å². The average molecular weight is 353 g/mol. The van der Waals surface area contributed by atoms with Crippen LogP contribution in [0.4, 0.5) is 4.39 Å². The molecule has 1 heteroatoms. The fourth-order valence-electron chi connectivity index (χ4n) is 4.54. The van der Waals surface area contributed by atoms with Crippen molar-refractivity contribution >= 4 is 10.8 Å². The highest BCUT2D eigenvalue weighted by atomic mass is 19.1. The van der Waals surface area contributed by atoms with Crippen LogP contribution in [0.1, 0.15) is 81.8 Å². The number of hydrogen-bond acceptors (Lipinski definition) is 0. The van der Waals surface area contributed by atoms with Gasteiger partial charge in [0.1, 0.15) is 5.82 Å². The van der Waals surface area contributed by atoms with Crippen LogP contribution in [0.5, 0.6) is 0 Å². The molecule has 2 aromatic carbocycles. The van der Waals surface area contributed by atoms with E-state index in [0.717, 1.165) is 47.9 Å². The molecular formula is C25H33F. The van der Waals surface area contributed by atoms with Crippen LogP contribution >= 0.6 is 0 Å². The van der Waals surface area contributed by atoms with Crippen LogP contribution in [0, 0.1) is 11.7 Å². The van der Waals surface area contributed by atoms with Crippen molar-refractivity contribution in [3.05, 3.63) is 59.9 Å². The van der Waals surface area contributed by atoms with Gasteiger partial charge < -0.3 is 0 Å². The van der Waals surface area contributed by atoms with E-state index in [1.54, 1.807) is 0 Å². The van der Waals surface area contributed by atoms with Gasteiger partial charge in [-0.1, -0.05) is 69.0 Å². The molecule has 0 unspecified atom stereocenters. The van der Waals surface area contributed by atoms with Gasteiger partial charge in [0.05, 0.1) is 0 Å². The number of fused-ring (bicyclic) bond motifs is 1. The summed E-state index contributed by atoms with van der Waals surface area (Å²) in [5.41, 5.74) is 2.21. The fraction of sp³-hybridized carbons (Fsp3) is 0.520. The van der Waals surface area contributed by atoms with Crippen molar-refractivity contribution in [1.82, 2.24) is 0 Å². The number of allylic oxidation sites excluding steroid dienone is 1. The standard InChI is InChI=1S/C25H33F/c1-3-5-7-9-19-10-13-21(14-11-19)23-17-15-22-18-20(8-6-4-2)12-16-24(22)25(23)26/h4,12,15-19,21H,2-3,5-11,13-14H2,1H3. The van der Waals surface area contributed by atoms with Crippen LogP contribution in [-0.4, -0.2) is 0 Å². The lowest BCUT2D eigenvalue weighted by atomic mass is 9.76.